The van der Waals surface area contributed by atoms with Gasteiger partial charge in [-0.2, -0.15) is 0 Å². The van der Waals surface area contributed by atoms with Crippen LogP contribution in [0.5, 0.6) is 5.75 Å². The molecule has 0 N–H and O–H groups in total. The van der Waals surface area contributed by atoms with Crippen LogP contribution in [-0.4, -0.2) is 12.9 Å². The van der Waals surface area contributed by atoms with E-state index >= 15 is 0 Å². The van der Waals surface area contributed by atoms with Gasteiger partial charge in [0.1, 0.15) is 5.78 Å². The maximum Gasteiger partial charge on any atom is 0.165 e. The molecule has 2 aromatic rings. The van der Waals surface area contributed by atoms with Crippen molar-refractivity contribution in [3.8, 4) is 5.75 Å². The molecule has 0 radical (unpaired) electrons. The van der Waals surface area contributed by atoms with Crippen LogP contribution in [0.2, 0.25) is 0 Å². The Labute approximate surface area is 124 Å². The van der Waals surface area contributed by atoms with Gasteiger partial charge in [0.25, 0.3) is 0 Å². The average molecular weight is 286 g/mol. The Kier molecular flexibility index (Phi) is 5.09. The molecule has 0 aliphatic rings. The number of methoxy groups -OCH3 is 1. The predicted octanol–water partition coefficient (Wildman–Crippen LogP) is 3.89. The van der Waals surface area contributed by atoms with Crippen LogP contribution in [-0.2, 0) is 17.6 Å². The normalized spacial score (nSPS) is 10.4. The summed E-state index contributed by atoms with van der Waals surface area (Å²) in [5.41, 5.74) is 3.07. The highest BCUT2D eigenvalue weighted by Crippen LogP contribution is 2.18. The maximum atomic E-state index is 13.6. The Bertz CT molecular complexity index is 635. The lowest BCUT2D eigenvalue weighted by atomic mass is 10.00. The molecule has 0 heterocycles. The van der Waals surface area contributed by atoms with Gasteiger partial charge in [0.05, 0.1) is 7.11 Å². The van der Waals surface area contributed by atoms with Gasteiger partial charge in [-0.1, -0.05) is 30.3 Å². The van der Waals surface area contributed by atoms with E-state index < -0.39 is 5.82 Å². The maximum absolute atomic E-state index is 13.6. The number of hydrogen-bond acceptors (Lipinski definition) is 2. The summed E-state index contributed by atoms with van der Waals surface area (Å²) < 4.78 is 18.4. The SMILES string of the molecule is COc1ccc(CC(=O)CCc2ccccc2C)cc1F. The standard InChI is InChI=1S/C18H19FO2/c1-13-5-3-4-6-15(13)8-9-16(20)11-14-7-10-18(21-2)17(19)12-14/h3-7,10,12H,8-9,11H2,1-2H3. The first-order chi connectivity index (χ1) is 10.1. The molecule has 0 aromatic heterocycles. The van der Waals surface area contributed by atoms with Crippen LogP contribution in [0.25, 0.3) is 0 Å². The minimum Gasteiger partial charge on any atom is -0.494 e. The Morgan fingerprint density at radius 1 is 1.19 bits per heavy atom. The molecule has 2 aromatic carbocycles. The monoisotopic (exact) mass is 286 g/mol. The first kappa shape index (κ1) is 15.2. The highest BCUT2D eigenvalue weighted by Gasteiger charge is 2.08. The molecule has 0 fully saturated rings. The third kappa shape index (κ3) is 4.15. The Hall–Kier alpha value is -2.16. The van der Waals surface area contributed by atoms with Gasteiger partial charge in [-0.15, -0.1) is 0 Å². The minimum absolute atomic E-state index is 0.114. The summed E-state index contributed by atoms with van der Waals surface area (Å²) >= 11 is 0. The number of hydrogen-bond donors (Lipinski definition) is 0. The van der Waals surface area contributed by atoms with Crippen LogP contribution in [0, 0.1) is 12.7 Å². The van der Waals surface area contributed by atoms with Crippen molar-refractivity contribution in [3.63, 3.8) is 0 Å². The van der Waals surface area contributed by atoms with Gasteiger partial charge in [0, 0.05) is 12.8 Å². The summed E-state index contributed by atoms with van der Waals surface area (Å²) in [7, 11) is 1.42. The van der Waals surface area contributed by atoms with E-state index in [1.165, 1.54) is 24.3 Å². The van der Waals surface area contributed by atoms with E-state index in [2.05, 4.69) is 0 Å². The molecule has 0 aliphatic heterocycles. The summed E-state index contributed by atoms with van der Waals surface area (Å²) in [6, 6.07) is 12.7. The number of carbonyl (C=O) groups is 1. The molecule has 0 saturated carbocycles. The van der Waals surface area contributed by atoms with Gasteiger partial charge in [-0.05, 0) is 42.2 Å². The Morgan fingerprint density at radius 2 is 1.95 bits per heavy atom. The second-order valence-electron chi connectivity index (χ2n) is 5.11. The van der Waals surface area contributed by atoms with Gasteiger partial charge in [-0.3, -0.25) is 4.79 Å². The van der Waals surface area contributed by atoms with E-state index in [-0.39, 0.29) is 18.0 Å². The number of halogens is 1. The van der Waals surface area contributed by atoms with Crippen LogP contribution in [0.15, 0.2) is 42.5 Å². The van der Waals surface area contributed by atoms with Crippen molar-refractivity contribution in [1.29, 1.82) is 0 Å². The van der Waals surface area contributed by atoms with Gasteiger partial charge in [0.15, 0.2) is 11.6 Å². The predicted molar refractivity (Wildman–Crippen MR) is 81.2 cm³/mol. The lowest BCUT2D eigenvalue weighted by Gasteiger charge is -2.06. The van der Waals surface area contributed by atoms with Crippen LogP contribution in [0.4, 0.5) is 4.39 Å². The van der Waals surface area contributed by atoms with Crippen molar-refractivity contribution in [3.05, 3.63) is 65.0 Å². The van der Waals surface area contributed by atoms with E-state index in [0.29, 0.717) is 12.0 Å². The lowest BCUT2D eigenvalue weighted by Crippen LogP contribution is -2.05. The van der Waals surface area contributed by atoms with E-state index in [1.54, 1.807) is 12.1 Å². The fourth-order valence-electron chi connectivity index (χ4n) is 2.30. The number of ether oxygens (including phenoxy) is 1. The van der Waals surface area contributed by atoms with Gasteiger partial charge >= 0.3 is 0 Å². The van der Waals surface area contributed by atoms with E-state index in [0.717, 1.165) is 6.42 Å². The van der Waals surface area contributed by atoms with Crippen molar-refractivity contribution < 1.29 is 13.9 Å². The molecule has 0 saturated heterocycles. The molecule has 110 valence electrons. The van der Waals surface area contributed by atoms with Crippen molar-refractivity contribution >= 4 is 5.78 Å². The molecule has 21 heavy (non-hydrogen) atoms. The third-order valence-electron chi connectivity index (χ3n) is 3.55. The smallest absolute Gasteiger partial charge is 0.165 e. The molecule has 2 nitrogen and oxygen atoms in total. The van der Waals surface area contributed by atoms with Crippen LogP contribution >= 0.6 is 0 Å². The van der Waals surface area contributed by atoms with Gasteiger partial charge in [0.2, 0.25) is 0 Å². The third-order valence-corrected chi connectivity index (χ3v) is 3.55. The first-order valence-corrected chi connectivity index (χ1v) is 6.99. The minimum atomic E-state index is -0.429. The Morgan fingerprint density at radius 3 is 2.62 bits per heavy atom. The fourth-order valence-corrected chi connectivity index (χ4v) is 2.30. The summed E-state index contributed by atoms with van der Waals surface area (Å²) in [5.74, 6) is -0.115. The van der Waals surface area contributed by atoms with Crippen LogP contribution in [0.3, 0.4) is 0 Å². The highest BCUT2D eigenvalue weighted by molar-refractivity contribution is 5.81. The van der Waals surface area contributed by atoms with Crippen molar-refractivity contribution in [1.82, 2.24) is 0 Å². The zero-order valence-electron chi connectivity index (χ0n) is 12.4. The summed E-state index contributed by atoms with van der Waals surface area (Å²) in [6.07, 6.45) is 1.45. The van der Waals surface area contributed by atoms with Crippen molar-refractivity contribution in [2.45, 2.75) is 26.2 Å². The molecular formula is C18H19FO2. The summed E-state index contributed by atoms with van der Waals surface area (Å²) in [4.78, 5) is 12.0. The number of carbonyl (C=O) groups excluding carboxylic acids is 1. The van der Waals surface area contributed by atoms with Crippen molar-refractivity contribution in [2.75, 3.05) is 7.11 Å². The van der Waals surface area contributed by atoms with Crippen LogP contribution < -0.4 is 4.74 Å². The quantitative estimate of drug-likeness (QED) is 0.805. The molecule has 0 aliphatic carbocycles. The highest BCUT2D eigenvalue weighted by atomic mass is 19.1. The average Bonchev–Trinajstić information content (AvgIpc) is 2.46. The second-order valence-corrected chi connectivity index (χ2v) is 5.11. The molecule has 3 heteroatoms. The number of aryl methyl sites for hydroxylation is 2. The fraction of sp³-hybridized carbons (Fsp3) is 0.278. The number of Topliss-reactive ketones (excluding diaryl/α,β-unsaturated/α-hetero) is 1. The molecule has 0 unspecified atom stereocenters. The molecular weight excluding hydrogens is 267 g/mol. The van der Waals surface area contributed by atoms with Crippen LogP contribution in [0.1, 0.15) is 23.1 Å². The molecule has 0 amide bonds. The second kappa shape index (κ2) is 7.02. The molecule has 0 bridgehead atoms. The molecule has 0 atom stereocenters. The zero-order chi connectivity index (χ0) is 15.2. The largest absolute Gasteiger partial charge is 0.494 e. The number of ketones is 1. The topological polar surface area (TPSA) is 26.3 Å². The zero-order valence-corrected chi connectivity index (χ0v) is 12.4. The summed E-state index contributed by atoms with van der Waals surface area (Å²) in [6.45, 7) is 2.04. The summed E-state index contributed by atoms with van der Waals surface area (Å²) in [5, 5.41) is 0. The van der Waals surface area contributed by atoms with E-state index in [1.807, 2.05) is 31.2 Å². The first-order valence-electron chi connectivity index (χ1n) is 6.99. The Balaban J connectivity index is 1.93. The van der Waals surface area contributed by atoms with E-state index in [9.17, 15) is 9.18 Å². The molecule has 0 spiro atoms. The molecule has 2 rings (SSSR count). The number of rotatable bonds is 6. The number of benzene rings is 2. The van der Waals surface area contributed by atoms with Gasteiger partial charge in [-0.25, -0.2) is 4.39 Å². The van der Waals surface area contributed by atoms with Crippen molar-refractivity contribution in [2.24, 2.45) is 0 Å². The van der Waals surface area contributed by atoms with E-state index in [4.69, 9.17) is 4.74 Å². The van der Waals surface area contributed by atoms with Gasteiger partial charge < -0.3 is 4.74 Å². The lowest BCUT2D eigenvalue weighted by molar-refractivity contribution is -0.118.